The number of hydrogen-bond donors (Lipinski definition) is 0. The third-order valence-electron chi connectivity index (χ3n) is 4.22. The minimum atomic E-state index is 0.545. The van der Waals surface area contributed by atoms with Crippen LogP contribution in [-0.4, -0.2) is 37.7 Å². The van der Waals surface area contributed by atoms with Crippen LogP contribution in [-0.2, 0) is 4.74 Å². The van der Waals surface area contributed by atoms with Gasteiger partial charge in [-0.05, 0) is 25.9 Å². The van der Waals surface area contributed by atoms with Crippen molar-refractivity contribution in [2.45, 2.75) is 77.7 Å². The highest BCUT2D eigenvalue weighted by Gasteiger charge is 2.23. The van der Waals surface area contributed by atoms with Gasteiger partial charge in [-0.2, -0.15) is 0 Å². The minimum absolute atomic E-state index is 0.545. The molecule has 0 aromatic rings. The summed E-state index contributed by atoms with van der Waals surface area (Å²) >= 11 is 0. The SMILES string of the molecule is CCCCCCCCCC(C)CCN(C)CC1CO1. The van der Waals surface area contributed by atoms with Crippen LogP contribution in [0.15, 0.2) is 0 Å². The fourth-order valence-electron chi connectivity index (χ4n) is 2.65. The molecule has 0 radical (unpaired) electrons. The van der Waals surface area contributed by atoms with Crippen LogP contribution in [0.2, 0.25) is 0 Å². The Labute approximate surface area is 120 Å². The van der Waals surface area contributed by atoms with Gasteiger partial charge >= 0.3 is 0 Å². The van der Waals surface area contributed by atoms with Gasteiger partial charge in [0, 0.05) is 6.54 Å². The van der Waals surface area contributed by atoms with Gasteiger partial charge in [0.25, 0.3) is 0 Å². The fourth-order valence-corrected chi connectivity index (χ4v) is 2.65. The van der Waals surface area contributed by atoms with Crippen LogP contribution < -0.4 is 0 Å². The summed E-state index contributed by atoms with van der Waals surface area (Å²) in [6.45, 7) is 8.05. The van der Waals surface area contributed by atoms with Crippen molar-refractivity contribution < 1.29 is 4.74 Å². The van der Waals surface area contributed by atoms with E-state index in [9.17, 15) is 0 Å². The van der Waals surface area contributed by atoms with E-state index in [1.807, 2.05) is 0 Å². The van der Waals surface area contributed by atoms with E-state index in [1.165, 1.54) is 64.3 Å². The first kappa shape index (κ1) is 17.0. The zero-order valence-corrected chi connectivity index (χ0v) is 13.5. The quantitative estimate of drug-likeness (QED) is 0.362. The number of likely N-dealkylation sites (N-methyl/N-ethyl adjacent to an activating group) is 1. The molecule has 0 amide bonds. The molecule has 1 aliphatic rings. The summed E-state index contributed by atoms with van der Waals surface area (Å²) in [5.41, 5.74) is 0. The summed E-state index contributed by atoms with van der Waals surface area (Å²) in [4.78, 5) is 2.43. The summed E-state index contributed by atoms with van der Waals surface area (Å²) in [6, 6.07) is 0. The van der Waals surface area contributed by atoms with E-state index in [0.717, 1.165) is 19.1 Å². The molecule has 2 atom stereocenters. The first-order valence-electron chi connectivity index (χ1n) is 8.52. The molecular formula is C17H35NO. The molecule has 0 aromatic carbocycles. The molecule has 19 heavy (non-hydrogen) atoms. The second-order valence-electron chi connectivity index (χ2n) is 6.52. The molecule has 114 valence electrons. The molecule has 0 aliphatic carbocycles. The normalized spacial score (nSPS) is 19.9. The Balaban J connectivity index is 1.82. The summed E-state index contributed by atoms with van der Waals surface area (Å²) < 4.78 is 5.26. The van der Waals surface area contributed by atoms with Crippen molar-refractivity contribution >= 4 is 0 Å². The monoisotopic (exact) mass is 269 g/mol. The zero-order valence-electron chi connectivity index (χ0n) is 13.5. The lowest BCUT2D eigenvalue weighted by atomic mass is 9.98. The van der Waals surface area contributed by atoms with Crippen molar-refractivity contribution in [3.63, 3.8) is 0 Å². The summed E-state index contributed by atoms with van der Waals surface area (Å²) in [7, 11) is 2.22. The topological polar surface area (TPSA) is 15.8 Å². The highest BCUT2D eigenvalue weighted by atomic mass is 16.6. The maximum absolute atomic E-state index is 5.26. The Morgan fingerprint density at radius 1 is 1.05 bits per heavy atom. The van der Waals surface area contributed by atoms with E-state index in [4.69, 9.17) is 4.74 Å². The molecular weight excluding hydrogens is 234 g/mol. The first-order chi connectivity index (χ1) is 9.22. The maximum atomic E-state index is 5.26. The van der Waals surface area contributed by atoms with Gasteiger partial charge in [0.1, 0.15) is 0 Å². The van der Waals surface area contributed by atoms with Crippen molar-refractivity contribution in [2.75, 3.05) is 26.7 Å². The lowest BCUT2D eigenvalue weighted by Gasteiger charge is -2.18. The van der Waals surface area contributed by atoms with Crippen molar-refractivity contribution in [1.29, 1.82) is 0 Å². The van der Waals surface area contributed by atoms with Gasteiger partial charge in [-0.1, -0.05) is 65.2 Å². The zero-order chi connectivity index (χ0) is 13.9. The van der Waals surface area contributed by atoms with E-state index < -0.39 is 0 Å². The van der Waals surface area contributed by atoms with Gasteiger partial charge in [-0.25, -0.2) is 0 Å². The predicted molar refractivity (Wildman–Crippen MR) is 83.6 cm³/mol. The number of ether oxygens (including phenoxy) is 1. The Bertz CT molecular complexity index is 203. The van der Waals surface area contributed by atoms with Crippen LogP contribution in [0, 0.1) is 5.92 Å². The number of rotatable bonds is 13. The van der Waals surface area contributed by atoms with Gasteiger partial charge in [0.2, 0.25) is 0 Å². The van der Waals surface area contributed by atoms with E-state index >= 15 is 0 Å². The number of unbranched alkanes of at least 4 members (excludes halogenated alkanes) is 6. The van der Waals surface area contributed by atoms with Crippen LogP contribution >= 0.6 is 0 Å². The van der Waals surface area contributed by atoms with Crippen molar-refractivity contribution in [2.24, 2.45) is 5.92 Å². The number of epoxide rings is 1. The Morgan fingerprint density at radius 2 is 1.68 bits per heavy atom. The molecule has 2 unspecified atom stereocenters. The molecule has 0 saturated carbocycles. The molecule has 2 heteroatoms. The highest BCUT2D eigenvalue weighted by Crippen LogP contribution is 2.16. The van der Waals surface area contributed by atoms with Gasteiger partial charge in [-0.15, -0.1) is 0 Å². The van der Waals surface area contributed by atoms with E-state index in [1.54, 1.807) is 0 Å². The average Bonchev–Trinajstić information content (AvgIpc) is 3.19. The maximum Gasteiger partial charge on any atom is 0.0936 e. The first-order valence-corrected chi connectivity index (χ1v) is 8.52. The molecule has 1 aliphatic heterocycles. The van der Waals surface area contributed by atoms with Crippen LogP contribution in [0.3, 0.4) is 0 Å². The second-order valence-corrected chi connectivity index (χ2v) is 6.52. The second kappa shape index (κ2) is 10.7. The molecule has 0 bridgehead atoms. The predicted octanol–water partition coefficient (Wildman–Crippen LogP) is 4.48. The summed E-state index contributed by atoms with van der Waals surface area (Å²) in [5, 5.41) is 0. The molecule has 0 aromatic heterocycles. The van der Waals surface area contributed by atoms with Gasteiger partial charge < -0.3 is 9.64 Å². The molecule has 1 fully saturated rings. The van der Waals surface area contributed by atoms with E-state index in [-0.39, 0.29) is 0 Å². The number of nitrogens with zero attached hydrogens (tertiary/aromatic N) is 1. The molecule has 2 nitrogen and oxygen atoms in total. The Kier molecular flexibility index (Phi) is 9.54. The van der Waals surface area contributed by atoms with Crippen molar-refractivity contribution in [3.8, 4) is 0 Å². The standard InChI is InChI=1S/C17H35NO/c1-4-5-6-7-8-9-10-11-16(2)12-13-18(3)14-17-15-19-17/h16-17H,4-15H2,1-3H3. The largest absolute Gasteiger partial charge is 0.372 e. The number of hydrogen-bond acceptors (Lipinski definition) is 2. The van der Waals surface area contributed by atoms with Gasteiger partial charge in [0.05, 0.1) is 12.7 Å². The smallest absolute Gasteiger partial charge is 0.0936 e. The highest BCUT2D eigenvalue weighted by molar-refractivity contribution is 4.73. The van der Waals surface area contributed by atoms with Crippen LogP contribution in [0.25, 0.3) is 0 Å². The third-order valence-corrected chi connectivity index (χ3v) is 4.22. The minimum Gasteiger partial charge on any atom is -0.372 e. The lowest BCUT2D eigenvalue weighted by Crippen LogP contribution is -2.25. The van der Waals surface area contributed by atoms with Crippen LogP contribution in [0.5, 0.6) is 0 Å². The van der Waals surface area contributed by atoms with E-state index in [0.29, 0.717) is 6.10 Å². The molecule has 1 saturated heterocycles. The average molecular weight is 269 g/mol. The Hall–Kier alpha value is -0.0800. The molecule has 1 heterocycles. The van der Waals surface area contributed by atoms with Crippen molar-refractivity contribution in [3.05, 3.63) is 0 Å². The lowest BCUT2D eigenvalue weighted by molar-refractivity contribution is 0.264. The Morgan fingerprint density at radius 3 is 2.32 bits per heavy atom. The van der Waals surface area contributed by atoms with Gasteiger partial charge in [0.15, 0.2) is 0 Å². The molecule has 1 rings (SSSR count). The van der Waals surface area contributed by atoms with Crippen molar-refractivity contribution in [1.82, 2.24) is 4.90 Å². The fraction of sp³-hybridized carbons (Fsp3) is 1.00. The summed E-state index contributed by atoms with van der Waals surface area (Å²) in [5.74, 6) is 0.887. The van der Waals surface area contributed by atoms with E-state index in [2.05, 4.69) is 25.8 Å². The van der Waals surface area contributed by atoms with Crippen LogP contribution in [0.4, 0.5) is 0 Å². The molecule has 0 N–H and O–H groups in total. The third kappa shape index (κ3) is 10.4. The molecule has 0 spiro atoms. The van der Waals surface area contributed by atoms with Gasteiger partial charge in [-0.3, -0.25) is 0 Å². The van der Waals surface area contributed by atoms with Crippen LogP contribution in [0.1, 0.15) is 71.6 Å². The summed E-state index contributed by atoms with van der Waals surface area (Å²) in [6.07, 6.45) is 13.3.